The molecule has 210 valence electrons. The summed E-state index contributed by atoms with van der Waals surface area (Å²) >= 11 is 0. The van der Waals surface area contributed by atoms with Crippen LogP contribution in [0.25, 0.3) is 22.1 Å². The van der Waals surface area contributed by atoms with Gasteiger partial charge in [0.1, 0.15) is 23.1 Å². The van der Waals surface area contributed by atoms with Gasteiger partial charge in [-0.2, -0.15) is 0 Å². The van der Waals surface area contributed by atoms with E-state index in [1.165, 1.54) is 29.2 Å². The maximum atomic E-state index is 14.3. The van der Waals surface area contributed by atoms with Gasteiger partial charge in [-0.1, -0.05) is 0 Å². The van der Waals surface area contributed by atoms with Crippen molar-refractivity contribution in [2.75, 3.05) is 0 Å². The van der Waals surface area contributed by atoms with Gasteiger partial charge in [-0.15, -0.1) is 0 Å². The molecule has 2 heterocycles. The Kier molecular flexibility index (Phi) is 7.23. The van der Waals surface area contributed by atoms with E-state index in [-0.39, 0.29) is 17.9 Å². The smallest absolute Gasteiger partial charge is 0.412 e. The van der Waals surface area contributed by atoms with E-state index < -0.39 is 29.2 Å². The van der Waals surface area contributed by atoms with Crippen LogP contribution in [0.1, 0.15) is 92.1 Å². The van der Waals surface area contributed by atoms with Gasteiger partial charge in [0.15, 0.2) is 11.5 Å². The second-order valence-corrected chi connectivity index (χ2v) is 11.8. The number of carbonyl (C=O) groups excluding carboxylic acids is 1. The minimum absolute atomic E-state index is 0.0954. The molecule has 2 atom stereocenters. The lowest BCUT2D eigenvalue weighted by Gasteiger charge is -2.42. The predicted molar refractivity (Wildman–Crippen MR) is 148 cm³/mol. The standard InChI is InChI=1S/C29H38F2N6O2/c1-16(2)35-23-14-19(30)10-12-21(23)33-25(35)18(5)37(27(38)39-28(6,7)8)29(9,32)26-34-22-13-11-20(31)15-24(22)36(26)17(3)4/h10-18H,32H2,1-9H3/t18-,29?/m0/s1. The Bertz CT molecular complexity index is 1530. The number of carbonyl (C=O) groups is 1. The molecule has 0 aliphatic heterocycles. The van der Waals surface area contributed by atoms with E-state index >= 15 is 0 Å². The second-order valence-electron chi connectivity index (χ2n) is 11.8. The fraction of sp³-hybridized carbons (Fsp3) is 0.483. The quantitative estimate of drug-likeness (QED) is 0.267. The number of nitrogens with two attached hydrogens (primary N) is 1. The van der Waals surface area contributed by atoms with Crippen LogP contribution >= 0.6 is 0 Å². The Balaban J connectivity index is 1.97. The molecule has 2 aromatic carbocycles. The third kappa shape index (κ3) is 5.22. The van der Waals surface area contributed by atoms with Crippen molar-refractivity contribution in [1.29, 1.82) is 0 Å². The number of benzene rings is 2. The number of nitrogens with zero attached hydrogens (tertiary/aromatic N) is 5. The number of hydrogen-bond acceptors (Lipinski definition) is 5. The minimum atomic E-state index is -1.52. The Morgan fingerprint density at radius 1 is 0.872 bits per heavy atom. The number of rotatable bonds is 6. The highest BCUT2D eigenvalue weighted by atomic mass is 19.1. The van der Waals surface area contributed by atoms with E-state index in [1.54, 1.807) is 39.8 Å². The van der Waals surface area contributed by atoms with Crippen molar-refractivity contribution >= 4 is 28.2 Å². The van der Waals surface area contributed by atoms with E-state index in [9.17, 15) is 13.6 Å². The molecule has 39 heavy (non-hydrogen) atoms. The molecule has 2 N–H and O–H groups in total. The van der Waals surface area contributed by atoms with E-state index in [0.29, 0.717) is 33.7 Å². The number of aromatic nitrogens is 4. The molecule has 4 rings (SSSR count). The summed E-state index contributed by atoms with van der Waals surface area (Å²) in [4.78, 5) is 24.9. The SMILES string of the molecule is CC(C)n1c([C@H](C)N(C(=O)OC(C)(C)C)C(C)(N)c2nc3ccc(F)cc3n2C(C)C)nc2ccc(F)cc21. The summed E-state index contributed by atoms with van der Waals surface area (Å²) in [7, 11) is 0. The number of hydrogen-bond donors (Lipinski definition) is 1. The van der Waals surface area contributed by atoms with Crippen LogP contribution in [-0.4, -0.2) is 35.7 Å². The molecule has 0 aliphatic carbocycles. The maximum absolute atomic E-state index is 14.3. The first-order chi connectivity index (χ1) is 18.0. The molecule has 10 heteroatoms. The fourth-order valence-corrected chi connectivity index (χ4v) is 5.15. The van der Waals surface area contributed by atoms with Crippen molar-refractivity contribution in [2.45, 2.75) is 91.7 Å². The van der Waals surface area contributed by atoms with Crippen LogP contribution in [0.4, 0.5) is 13.6 Å². The van der Waals surface area contributed by atoms with Crippen LogP contribution in [0.15, 0.2) is 36.4 Å². The van der Waals surface area contributed by atoms with Gasteiger partial charge >= 0.3 is 6.09 Å². The van der Waals surface area contributed by atoms with Crippen LogP contribution in [0, 0.1) is 11.6 Å². The number of amides is 1. The summed E-state index contributed by atoms with van der Waals surface area (Å²) in [6, 6.07) is 7.80. The highest BCUT2D eigenvalue weighted by molar-refractivity contribution is 5.78. The number of imidazole rings is 2. The molecule has 0 saturated carbocycles. The summed E-state index contributed by atoms with van der Waals surface area (Å²) < 4.78 is 38.1. The fourth-order valence-electron chi connectivity index (χ4n) is 5.15. The molecule has 0 bridgehead atoms. The molecule has 0 spiro atoms. The van der Waals surface area contributed by atoms with Gasteiger partial charge in [0, 0.05) is 12.1 Å². The van der Waals surface area contributed by atoms with Gasteiger partial charge in [-0.3, -0.25) is 4.90 Å². The van der Waals surface area contributed by atoms with Crippen LogP contribution in [-0.2, 0) is 10.4 Å². The number of halogens is 2. The van der Waals surface area contributed by atoms with Crippen molar-refractivity contribution in [3.63, 3.8) is 0 Å². The highest BCUT2D eigenvalue weighted by Crippen LogP contribution is 2.38. The van der Waals surface area contributed by atoms with Gasteiger partial charge in [0.05, 0.1) is 28.1 Å². The lowest BCUT2D eigenvalue weighted by molar-refractivity contribution is -0.0183. The first kappa shape index (κ1) is 28.5. The molecule has 1 amide bonds. The molecule has 4 aromatic rings. The zero-order chi connectivity index (χ0) is 29.0. The first-order valence-corrected chi connectivity index (χ1v) is 13.2. The third-order valence-electron chi connectivity index (χ3n) is 6.67. The average molecular weight is 541 g/mol. The highest BCUT2D eigenvalue weighted by Gasteiger charge is 2.45. The summed E-state index contributed by atoms with van der Waals surface area (Å²) in [6.07, 6.45) is -0.665. The Labute approximate surface area is 227 Å². The van der Waals surface area contributed by atoms with E-state index in [4.69, 9.17) is 20.4 Å². The summed E-state index contributed by atoms with van der Waals surface area (Å²) in [6.45, 7) is 16.7. The Morgan fingerprint density at radius 3 is 1.85 bits per heavy atom. The van der Waals surface area contributed by atoms with E-state index in [1.807, 2.05) is 43.8 Å². The molecular formula is C29H38F2N6O2. The van der Waals surface area contributed by atoms with Gasteiger partial charge in [0.25, 0.3) is 0 Å². The topological polar surface area (TPSA) is 91.2 Å². The van der Waals surface area contributed by atoms with Gasteiger partial charge in [-0.05, 0) is 98.7 Å². The predicted octanol–water partition coefficient (Wildman–Crippen LogP) is 6.96. The lowest BCUT2D eigenvalue weighted by atomic mass is 10.1. The van der Waals surface area contributed by atoms with Crippen molar-refractivity contribution in [1.82, 2.24) is 24.0 Å². The monoisotopic (exact) mass is 540 g/mol. The molecule has 0 aliphatic rings. The number of fused-ring (bicyclic) bond motifs is 2. The van der Waals surface area contributed by atoms with Crippen LogP contribution < -0.4 is 5.73 Å². The molecule has 1 unspecified atom stereocenters. The molecule has 0 fully saturated rings. The van der Waals surface area contributed by atoms with Gasteiger partial charge in [-0.25, -0.2) is 23.5 Å². The number of ether oxygens (including phenoxy) is 1. The minimum Gasteiger partial charge on any atom is -0.444 e. The third-order valence-corrected chi connectivity index (χ3v) is 6.67. The largest absolute Gasteiger partial charge is 0.444 e. The molecule has 2 aromatic heterocycles. The van der Waals surface area contributed by atoms with Crippen LogP contribution in [0.5, 0.6) is 0 Å². The van der Waals surface area contributed by atoms with Crippen molar-refractivity contribution in [2.24, 2.45) is 5.73 Å². The zero-order valence-electron chi connectivity index (χ0n) is 24.1. The molecular weight excluding hydrogens is 502 g/mol. The molecule has 8 nitrogen and oxygen atoms in total. The van der Waals surface area contributed by atoms with E-state index in [2.05, 4.69) is 0 Å². The molecule has 0 radical (unpaired) electrons. The Hall–Kier alpha value is -3.53. The van der Waals surface area contributed by atoms with E-state index in [0.717, 1.165) is 0 Å². The summed E-state index contributed by atoms with van der Waals surface area (Å²) in [5.74, 6) is 0.110. The van der Waals surface area contributed by atoms with Crippen LogP contribution in [0.2, 0.25) is 0 Å². The Morgan fingerprint density at radius 2 is 1.36 bits per heavy atom. The summed E-state index contributed by atoms with van der Waals surface area (Å²) in [5.41, 5.74) is 7.07. The van der Waals surface area contributed by atoms with Gasteiger partial charge in [0.2, 0.25) is 0 Å². The van der Waals surface area contributed by atoms with Gasteiger partial charge < -0.3 is 19.6 Å². The van der Waals surface area contributed by atoms with Crippen molar-refractivity contribution in [3.8, 4) is 0 Å². The zero-order valence-corrected chi connectivity index (χ0v) is 24.1. The van der Waals surface area contributed by atoms with Crippen LogP contribution in [0.3, 0.4) is 0 Å². The van der Waals surface area contributed by atoms with Crippen molar-refractivity contribution < 1.29 is 18.3 Å². The first-order valence-electron chi connectivity index (χ1n) is 13.2. The molecule has 0 saturated heterocycles. The normalized spacial score (nSPS) is 14.8. The van der Waals surface area contributed by atoms with Crippen molar-refractivity contribution in [3.05, 3.63) is 59.7 Å². The lowest BCUT2D eigenvalue weighted by Crippen LogP contribution is -2.57. The average Bonchev–Trinajstić information content (AvgIpc) is 3.36. The summed E-state index contributed by atoms with van der Waals surface area (Å²) in [5, 5.41) is 0. The second kappa shape index (κ2) is 9.89. The maximum Gasteiger partial charge on any atom is 0.412 e.